The van der Waals surface area contributed by atoms with Gasteiger partial charge in [0.25, 0.3) is 5.92 Å². The van der Waals surface area contributed by atoms with Gasteiger partial charge in [0.05, 0.1) is 12.6 Å². The van der Waals surface area contributed by atoms with E-state index in [4.69, 9.17) is 0 Å². The maximum absolute atomic E-state index is 13.0. The highest BCUT2D eigenvalue weighted by Crippen LogP contribution is 2.25. The van der Waals surface area contributed by atoms with Gasteiger partial charge >= 0.3 is 0 Å². The number of nitrogens with zero attached hydrogens (tertiary/aromatic N) is 1. The summed E-state index contributed by atoms with van der Waals surface area (Å²) in [6.45, 7) is -0.0918. The Hall–Kier alpha value is -1.69. The smallest absolute Gasteiger partial charge is 0.262 e. The highest BCUT2D eigenvalue weighted by Gasteiger charge is 2.42. The minimum absolute atomic E-state index is 0.338. The van der Waals surface area contributed by atoms with Crippen LogP contribution in [0.15, 0.2) is 24.3 Å². The minimum atomic E-state index is -2.78. The van der Waals surface area contributed by atoms with Gasteiger partial charge in [-0.3, -0.25) is 10.1 Å². The number of amides is 1. The van der Waals surface area contributed by atoms with Gasteiger partial charge in [0.15, 0.2) is 0 Å². The number of halogens is 2. The number of nitrogens with one attached hydrogen (secondary N) is 2. The largest absolute Gasteiger partial charge is 0.378 e. The fraction of sp³-hybridized carbons (Fsp3) is 0.500. The van der Waals surface area contributed by atoms with Crippen LogP contribution < -0.4 is 15.5 Å². The molecule has 1 aliphatic rings. The van der Waals surface area contributed by atoms with E-state index in [1.165, 1.54) is 0 Å². The van der Waals surface area contributed by atoms with E-state index in [-0.39, 0.29) is 5.91 Å². The standard InChI is InChI=1S/C14H19F2N3O/c1-19(2)11-5-3-4-10(6-11)8-17-13(20)12-7-14(15,16)9-18-12/h3-6,12,18H,7-9H2,1-2H3,(H,17,20). The van der Waals surface area contributed by atoms with Gasteiger partial charge in [-0.15, -0.1) is 0 Å². The van der Waals surface area contributed by atoms with E-state index >= 15 is 0 Å². The third kappa shape index (κ3) is 3.66. The average molecular weight is 283 g/mol. The molecule has 1 heterocycles. The van der Waals surface area contributed by atoms with Gasteiger partial charge in [0.2, 0.25) is 5.91 Å². The number of hydrogen-bond donors (Lipinski definition) is 2. The molecule has 1 atom stereocenters. The lowest BCUT2D eigenvalue weighted by Gasteiger charge is -2.15. The molecule has 2 rings (SSSR count). The molecule has 1 unspecified atom stereocenters. The van der Waals surface area contributed by atoms with E-state index in [0.717, 1.165) is 11.3 Å². The first kappa shape index (κ1) is 14.7. The number of carbonyl (C=O) groups is 1. The van der Waals surface area contributed by atoms with E-state index in [0.29, 0.717) is 6.54 Å². The van der Waals surface area contributed by atoms with Crippen LogP contribution in [0.2, 0.25) is 0 Å². The summed E-state index contributed by atoms with van der Waals surface area (Å²) in [4.78, 5) is 13.8. The molecule has 0 bridgehead atoms. The molecule has 1 aromatic rings. The van der Waals surface area contributed by atoms with Crippen LogP contribution in [0.25, 0.3) is 0 Å². The van der Waals surface area contributed by atoms with E-state index in [9.17, 15) is 13.6 Å². The molecule has 1 fully saturated rings. The number of benzene rings is 1. The Balaban J connectivity index is 1.89. The monoisotopic (exact) mass is 283 g/mol. The zero-order valence-corrected chi connectivity index (χ0v) is 11.6. The second-order valence-corrected chi connectivity index (χ2v) is 5.28. The third-order valence-electron chi connectivity index (χ3n) is 3.32. The summed E-state index contributed by atoms with van der Waals surface area (Å²) in [6.07, 6.45) is -0.434. The lowest BCUT2D eigenvalue weighted by molar-refractivity contribution is -0.123. The highest BCUT2D eigenvalue weighted by molar-refractivity contribution is 5.82. The predicted octanol–water partition coefficient (Wildman–Crippen LogP) is 1.37. The van der Waals surface area contributed by atoms with Crippen molar-refractivity contribution in [2.45, 2.75) is 24.9 Å². The normalized spacial score (nSPS) is 20.7. The molecule has 1 amide bonds. The maximum atomic E-state index is 13.0. The van der Waals surface area contributed by atoms with Crippen molar-refractivity contribution >= 4 is 11.6 Å². The van der Waals surface area contributed by atoms with Crippen LogP contribution in [-0.2, 0) is 11.3 Å². The molecule has 20 heavy (non-hydrogen) atoms. The zero-order chi connectivity index (χ0) is 14.8. The molecule has 110 valence electrons. The summed E-state index contributed by atoms with van der Waals surface area (Å²) >= 11 is 0. The molecule has 0 saturated carbocycles. The van der Waals surface area contributed by atoms with Gasteiger partial charge in [-0.2, -0.15) is 0 Å². The quantitative estimate of drug-likeness (QED) is 0.877. The molecule has 4 nitrogen and oxygen atoms in total. The summed E-state index contributed by atoms with van der Waals surface area (Å²) in [5.74, 6) is -3.16. The van der Waals surface area contributed by atoms with Crippen molar-refractivity contribution in [1.82, 2.24) is 10.6 Å². The first-order chi connectivity index (χ1) is 9.37. The summed E-state index contributed by atoms with van der Waals surface area (Å²) in [5.41, 5.74) is 1.97. The number of carbonyl (C=O) groups excluding carboxylic acids is 1. The van der Waals surface area contributed by atoms with Gasteiger partial charge in [0.1, 0.15) is 0 Å². The molecule has 2 N–H and O–H groups in total. The van der Waals surface area contributed by atoms with E-state index in [2.05, 4.69) is 10.6 Å². The fourth-order valence-corrected chi connectivity index (χ4v) is 2.16. The van der Waals surface area contributed by atoms with Crippen LogP contribution in [0.3, 0.4) is 0 Å². The number of rotatable bonds is 4. The molecule has 0 spiro atoms. The van der Waals surface area contributed by atoms with Gasteiger partial charge < -0.3 is 10.2 Å². The molecular weight excluding hydrogens is 264 g/mol. The minimum Gasteiger partial charge on any atom is -0.378 e. The summed E-state index contributed by atoms with van der Waals surface area (Å²) in [6, 6.07) is 6.91. The fourth-order valence-electron chi connectivity index (χ4n) is 2.16. The Bertz CT molecular complexity index is 491. The van der Waals surface area contributed by atoms with E-state index < -0.39 is 24.9 Å². The van der Waals surface area contributed by atoms with Crippen molar-refractivity contribution in [3.05, 3.63) is 29.8 Å². The van der Waals surface area contributed by atoms with Crippen LogP contribution in [0.4, 0.5) is 14.5 Å². The number of anilines is 1. The van der Waals surface area contributed by atoms with Crippen LogP contribution >= 0.6 is 0 Å². The van der Waals surface area contributed by atoms with Crippen LogP contribution in [0.1, 0.15) is 12.0 Å². The molecule has 1 aliphatic heterocycles. The van der Waals surface area contributed by atoms with Gasteiger partial charge in [-0.1, -0.05) is 12.1 Å². The summed E-state index contributed by atoms with van der Waals surface area (Å²) in [7, 11) is 3.87. The van der Waals surface area contributed by atoms with Crippen molar-refractivity contribution in [2.75, 3.05) is 25.5 Å². The molecule has 0 aromatic heterocycles. The maximum Gasteiger partial charge on any atom is 0.262 e. The van der Waals surface area contributed by atoms with Crippen molar-refractivity contribution < 1.29 is 13.6 Å². The zero-order valence-electron chi connectivity index (χ0n) is 11.6. The Kier molecular flexibility index (Phi) is 4.23. The Morgan fingerprint density at radius 1 is 1.50 bits per heavy atom. The van der Waals surface area contributed by atoms with Gasteiger partial charge in [0, 0.05) is 32.7 Å². The topological polar surface area (TPSA) is 44.4 Å². The second kappa shape index (κ2) is 5.75. The number of hydrogen-bond acceptors (Lipinski definition) is 3. The van der Waals surface area contributed by atoms with Gasteiger partial charge in [-0.05, 0) is 17.7 Å². The molecule has 1 saturated heterocycles. The highest BCUT2D eigenvalue weighted by atomic mass is 19.3. The van der Waals surface area contributed by atoms with Crippen LogP contribution in [0, 0.1) is 0 Å². The molecule has 0 radical (unpaired) electrons. The van der Waals surface area contributed by atoms with Crippen molar-refractivity contribution in [3.8, 4) is 0 Å². The Morgan fingerprint density at radius 3 is 2.85 bits per heavy atom. The molecule has 6 heteroatoms. The van der Waals surface area contributed by atoms with Gasteiger partial charge in [-0.25, -0.2) is 8.78 Å². The predicted molar refractivity (Wildman–Crippen MR) is 74.0 cm³/mol. The summed E-state index contributed by atoms with van der Waals surface area (Å²) in [5, 5.41) is 5.23. The van der Waals surface area contributed by atoms with Crippen molar-refractivity contribution in [3.63, 3.8) is 0 Å². The SMILES string of the molecule is CN(C)c1cccc(CNC(=O)C2CC(F)(F)CN2)c1. The Labute approximate surface area is 117 Å². The average Bonchev–Trinajstić information content (AvgIpc) is 2.77. The van der Waals surface area contributed by atoms with Crippen molar-refractivity contribution in [1.29, 1.82) is 0 Å². The van der Waals surface area contributed by atoms with Crippen LogP contribution in [-0.4, -0.2) is 38.5 Å². The first-order valence-electron chi connectivity index (χ1n) is 6.52. The van der Waals surface area contributed by atoms with E-state index in [1.807, 2.05) is 43.3 Å². The third-order valence-corrected chi connectivity index (χ3v) is 3.32. The summed E-state index contributed by atoms with van der Waals surface area (Å²) < 4.78 is 26.0. The van der Waals surface area contributed by atoms with Crippen LogP contribution in [0.5, 0.6) is 0 Å². The molecular formula is C14H19F2N3O. The molecule has 0 aliphatic carbocycles. The molecule has 1 aromatic carbocycles. The first-order valence-corrected chi connectivity index (χ1v) is 6.52. The van der Waals surface area contributed by atoms with E-state index in [1.54, 1.807) is 0 Å². The van der Waals surface area contributed by atoms with Crippen molar-refractivity contribution in [2.24, 2.45) is 0 Å². The number of alkyl halides is 2. The lowest BCUT2D eigenvalue weighted by atomic mass is 10.1. The lowest BCUT2D eigenvalue weighted by Crippen LogP contribution is -2.40. The Morgan fingerprint density at radius 2 is 2.25 bits per heavy atom. The second-order valence-electron chi connectivity index (χ2n) is 5.28.